The highest BCUT2D eigenvalue weighted by Crippen LogP contribution is 2.12. The van der Waals surface area contributed by atoms with Crippen molar-refractivity contribution in [2.45, 2.75) is 37.6 Å². The third-order valence-electron chi connectivity index (χ3n) is 2.28. The van der Waals surface area contributed by atoms with Gasteiger partial charge in [0.25, 0.3) is 0 Å². The number of carbonyl (C=O) groups is 1. The van der Waals surface area contributed by atoms with Crippen LogP contribution in [-0.2, 0) is 21.2 Å². The van der Waals surface area contributed by atoms with Crippen molar-refractivity contribution in [3.05, 3.63) is 29.8 Å². The van der Waals surface area contributed by atoms with E-state index in [1.807, 2.05) is 0 Å². The first-order valence-electron chi connectivity index (χ1n) is 5.71. The average molecular weight is 270 g/mol. The summed E-state index contributed by atoms with van der Waals surface area (Å²) in [6, 6.07) is 6.29. The molecular weight excluding hydrogens is 252 g/mol. The van der Waals surface area contributed by atoms with Crippen LogP contribution in [0.15, 0.2) is 29.2 Å². The lowest BCUT2D eigenvalue weighted by molar-refractivity contribution is -0.117. The van der Waals surface area contributed by atoms with E-state index in [1.165, 1.54) is 12.1 Å². The predicted octanol–water partition coefficient (Wildman–Crippen LogP) is 0.791. The molecule has 5 nitrogen and oxygen atoms in total. The standard InChI is InChI=1S/C12H18N2O3S/c1-9(2)14-18(16,17)11-6-3-10(4-7-11)5-8-12(13)15/h3-4,6-7,9,14H,5,8H2,1-2H3,(H2,13,15). The first-order valence-corrected chi connectivity index (χ1v) is 7.19. The number of amides is 1. The van der Waals surface area contributed by atoms with Gasteiger partial charge in [-0.05, 0) is 38.0 Å². The number of hydrogen-bond acceptors (Lipinski definition) is 3. The van der Waals surface area contributed by atoms with Gasteiger partial charge in [-0.1, -0.05) is 12.1 Å². The Morgan fingerprint density at radius 3 is 2.28 bits per heavy atom. The van der Waals surface area contributed by atoms with Crippen LogP contribution in [-0.4, -0.2) is 20.4 Å². The smallest absolute Gasteiger partial charge is 0.240 e. The van der Waals surface area contributed by atoms with Crippen LogP contribution in [0, 0.1) is 0 Å². The molecule has 0 radical (unpaired) electrons. The van der Waals surface area contributed by atoms with Gasteiger partial charge in [-0.25, -0.2) is 13.1 Å². The van der Waals surface area contributed by atoms with Crippen LogP contribution < -0.4 is 10.5 Å². The van der Waals surface area contributed by atoms with Crippen LogP contribution >= 0.6 is 0 Å². The van der Waals surface area contributed by atoms with E-state index in [-0.39, 0.29) is 23.3 Å². The maximum Gasteiger partial charge on any atom is 0.240 e. The topological polar surface area (TPSA) is 89.3 Å². The molecule has 0 bridgehead atoms. The van der Waals surface area contributed by atoms with Crippen molar-refractivity contribution in [3.63, 3.8) is 0 Å². The summed E-state index contributed by atoms with van der Waals surface area (Å²) < 4.78 is 26.2. The minimum Gasteiger partial charge on any atom is -0.370 e. The Morgan fingerprint density at radius 1 is 1.28 bits per heavy atom. The number of sulfonamides is 1. The van der Waals surface area contributed by atoms with Crippen molar-refractivity contribution in [2.75, 3.05) is 0 Å². The van der Waals surface area contributed by atoms with E-state index in [9.17, 15) is 13.2 Å². The van der Waals surface area contributed by atoms with Crippen molar-refractivity contribution in [1.82, 2.24) is 4.72 Å². The Hall–Kier alpha value is -1.40. The highest BCUT2D eigenvalue weighted by molar-refractivity contribution is 7.89. The monoisotopic (exact) mass is 270 g/mol. The van der Waals surface area contributed by atoms with Crippen molar-refractivity contribution >= 4 is 15.9 Å². The molecule has 1 aromatic rings. The summed E-state index contributed by atoms with van der Waals surface area (Å²) in [5.74, 6) is -0.367. The molecule has 100 valence electrons. The van der Waals surface area contributed by atoms with Gasteiger partial charge >= 0.3 is 0 Å². The van der Waals surface area contributed by atoms with E-state index in [0.717, 1.165) is 5.56 Å². The Kier molecular flexibility index (Phi) is 4.86. The van der Waals surface area contributed by atoms with Gasteiger partial charge in [-0.15, -0.1) is 0 Å². The summed E-state index contributed by atoms with van der Waals surface area (Å²) in [6.45, 7) is 3.53. The van der Waals surface area contributed by atoms with E-state index < -0.39 is 10.0 Å². The molecule has 0 aliphatic heterocycles. The van der Waals surface area contributed by atoms with E-state index in [4.69, 9.17) is 5.73 Å². The molecule has 0 aliphatic carbocycles. The summed E-state index contributed by atoms with van der Waals surface area (Å²) >= 11 is 0. The lowest BCUT2D eigenvalue weighted by Gasteiger charge is -2.09. The van der Waals surface area contributed by atoms with E-state index in [1.54, 1.807) is 26.0 Å². The molecule has 18 heavy (non-hydrogen) atoms. The van der Waals surface area contributed by atoms with Gasteiger partial charge in [0.15, 0.2) is 0 Å². The zero-order valence-electron chi connectivity index (χ0n) is 10.5. The number of carbonyl (C=O) groups excluding carboxylic acids is 1. The van der Waals surface area contributed by atoms with Gasteiger partial charge in [0.05, 0.1) is 4.90 Å². The number of hydrogen-bond donors (Lipinski definition) is 2. The first-order chi connectivity index (χ1) is 8.31. The molecule has 0 saturated heterocycles. The van der Waals surface area contributed by atoms with E-state index in [2.05, 4.69) is 4.72 Å². The highest BCUT2D eigenvalue weighted by Gasteiger charge is 2.14. The first kappa shape index (κ1) is 14.7. The van der Waals surface area contributed by atoms with Crippen LogP contribution in [0.5, 0.6) is 0 Å². The average Bonchev–Trinajstić information content (AvgIpc) is 2.25. The number of nitrogens with two attached hydrogens (primary N) is 1. The number of aryl methyl sites for hydroxylation is 1. The second-order valence-corrected chi connectivity index (χ2v) is 6.10. The van der Waals surface area contributed by atoms with Gasteiger partial charge in [0.2, 0.25) is 15.9 Å². The zero-order valence-corrected chi connectivity index (χ0v) is 11.3. The molecule has 3 N–H and O–H groups in total. The molecule has 6 heteroatoms. The van der Waals surface area contributed by atoms with Gasteiger partial charge in [0.1, 0.15) is 0 Å². The Bertz CT molecular complexity index is 507. The summed E-state index contributed by atoms with van der Waals surface area (Å²) in [5, 5.41) is 0. The molecule has 0 fully saturated rings. The number of primary amides is 1. The van der Waals surface area contributed by atoms with E-state index >= 15 is 0 Å². The lowest BCUT2D eigenvalue weighted by Crippen LogP contribution is -2.30. The summed E-state index contributed by atoms with van der Waals surface area (Å²) in [4.78, 5) is 10.9. The van der Waals surface area contributed by atoms with Crippen molar-refractivity contribution in [3.8, 4) is 0 Å². The third kappa shape index (κ3) is 4.46. The molecule has 0 aliphatic rings. The molecule has 0 atom stereocenters. The molecule has 1 aromatic carbocycles. The lowest BCUT2D eigenvalue weighted by atomic mass is 10.1. The molecule has 0 heterocycles. The second kappa shape index (κ2) is 5.97. The van der Waals surface area contributed by atoms with Crippen molar-refractivity contribution in [1.29, 1.82) is 0 Å². The van der Waals surface area contributed by atoms with E-state index in [0.29, 0.717) is 6.42 Å². The van der Waals surface area contributed by atoms with Crippen LogP contribution in [0.4, 0.5) is 0 Å². The van der Waals surface area contributed by atoms with Gasteiger partial charge in [-0.3, -0.25) is 4.79 Å². The zero-order chi connectivity index (χ0) is 13.8. The predicted molar refractivity (Wildman–Crippen MR) is 69.4 cm³/mol. The molecule has 0 unspecified atom stereocenters. The summed E-state index contributed by atoms with van der Waals surface area (Å²) in [5.41, 5.74) is 5.94. The SMILES string of the molecule is CC(C)NS(=O)(=O)c1ccc(CCC(N)=O)cc1. The molecule has 1 rings (SSSR count). The molecule has 1 amide bonds. The van der Waals surface area contributed by atoms with Crippen LogP contribution in [0.2, 0.25) is 0 Å². The maximum absolute atomic E-state index is 11.8. The van der Waals surface area contributed by atoms with Gasteiger partial charge in [-0.2, -0.15) is 0 Å². The van der Waals surface area contributed by atoms with Crippen molar-refractivity contribution in [2.24, 2.45) is 5.73 Å². The van der Waals surface area contributed by atoms with Crippen LogP contribution in [0.25, 0.3) is 0 Å². The van der Waals surface area contributed by atoms with Gasteiger partial charge < -0.3 is 5.73 Å². The largest absolute Gasteiger partial charge is 0.370 e. The summed E-state index contributed by atoms with van der Waals surface area (Å²) in [6.07, 6.45) is 0.781. The number of rotatable bonds is 6. The van der Waals surface area contributed by atoms with Crippen LogP contribution in [0.1, 0.15) is 25.8 Å². The van der Waals surface area contributed by atoms with Crippen molar-refractivity contribution < 1.29 is 13.2 Å². The second-order valence-electron chi connectivity index (χ2n) is 4.39. The fraction of sp³-hybridized carbons (Fsp3) is 0.417. The number of nitrogens with one attached hydrogen (secondary N) is 1. The quantitative estimate of drug-likeness (QED) is 0.801. The van der Waals surface area contributed by atoms with Crippen LogP contribution in [0.3, 0.4) is 0 Å². The fourth-order valence-electron chi connectivity index (χ4n) is 1.48. The molecule has 0 aromatic heterocycles. The molecule has 0 spiro atoms. The Balaban J connectivity index is 2.79. The highest BCUT2D eigenvalue weighted by atomic mass is 32.2. The van der Waals surface area contributed by atoms with Gasteiger partial charge in [0, 0.05) is 12.5 Å². The normalized spacial score (nSPS) is 11.7. The summed E-state index contributed by atoms with van der Waals surface area (Å²) in [7, 11) is -3.45. The molecule has 0 saturated carbocycles. The molecular formula is C12H18N2O3S. The third-order valence-corrected chi connectivity index (χ3v) is 3.96. The Morgan fingerprint density at radius 2 is 1.83 bits per heavy atom. The minimum atomic E-state index is -3.45. The fourth-order valence-corrected chi connectivity index (χ4v) is 2.73. The minimum absolute atomic E-state index is 0.149. The Labute approximate surface area is 107 Å². The maximum atomic E-state index is 11.8. The number of benzene rings is 1.